The summed E-state index contributed by atoms with van der Waals surface area (Å²) in [6.45, 7) is -0.0593. The van der Waals surface area contributed by atoms with E-state index in [1.165, 1.54) is 0 Å². The second-order valence-electron chi connectivity index (χ2n) is 4.70. The van der Waals surface area contributed by atoms with Gasteiger partial charge in [0.1, 0.15) is 6.04 Å². The summed E-state index contributed by atoms with van der Waals surface area (Å²) in [7, 11) is 0. The van der Waals surface area contributed by atoms with E-state index in [0.29, 0.717) is 0 Å². The lowest BCUT2D eigenvalue weighted by atomic mass is 10.1. The maximum Gasteiger partial charge on any atom is 0.326 e. The van der Waals surface area contributed by atoms with Crippen LogP contribution in [0.1, 0.15) is 12.0 Å². The second kappa shape index (κ2) is 5.68. The molecule has 2 N–H and O–H groups in total. The molecular formula is C13H14N2O5. The molecule has 0 radical (unpaired) electrons. The van der Waals surface area contributed by atoms with Gasteiger partial charge in [-0.15, -0.1) is 0 Å². The zero-order chi connectivity index (χ0) is 14.7. The fourth-order valence-electron chi connectivity index (χ4n) is 2.27. The van der Waals surface area contributed by atoms with Crippen molar-refractivity contribution in [1.82, 2.24) is 9.88 Å². The Bertz CT molecular complexity index is 531. The number of amides is 1. The van der Waals surface area contributed by atoms with Gasteiger partial charge in [0.15, 0.2) is 0 Å². The van der Waals surface area contributed by atoms with Gasteiger partial charge < -0.3 is 15.1 Å². The molecule has 1 aliphatic rings. The molecule has 1 aromatic rings. The predicted octanol–water partition coefficient (Wildman–Crippen LogP) is 0.0104. The molecule has 1 aliphatic heterocycles. The molecule has 7 nitrogen and oxygen atoms in total. The first-order valence-corrected chi connectivity index (χ1v) is 6.13. The van der Waals surface area contributed by atoms with Crippen LogP contribution in [0.4, 0.5) is 0 Å². The van der Waals surface area contributed by atoms with Gasteiger partial charge in [-0.2, -0.15) is 0 Å². The lowest BCUT2D eigenvalue weighted by Gasteiger charge is -2.24. The van der Waals surface area contributed by atoms with Crippen molar-refractivity contribution in [1.29, 1.82) is 0 Å². The number of nitrogens with zero attached hydrogens (tertiary/aromatic N) is 2. The van der Waals surface area contributed by atoms with Crippen LogP contribution >= 0.6 is 0 Å². The average molecular weight is 278 g/mol. The number of pyridine rings is 1. The number of hydrogen-bond acceptors (Lipinski definition) is 4. The van der Waals surface area contributed by atoms with Gasteiger partial charge in [0.25, 0.3) is 0 Å². The van der Waals surface area contributed by atoms with Crippen LogP contribution in [-0.4, -0.2) is 50.5 Å². The van der Waals surface area contributed by atoms with Crippen molar-refractivity contribution in [2.24, 2.45) is 5.92 Å². The Kier molecular flexibility index (Phi) is 3.97. The Balaban J connectivity index is 2.15. The van der Waals surface area contributed by atoms with Crippen LogP contribution in [0, 0.1) is 5.92 Å². The molecule has 0 bridgehead atoms. The maximum atomic E-state index is 11.8. The number of carbonyl (C=O) groups is 3. The van der Waals surface area contributed by atoms with Gasteiger partial charge in [0, 0.05) is 31.8 Å². The number of carboxylic acid groups (broad SMARTS) is 2. The summed E-state index contributed by atoms with van der Waals surface area (Å²) in [4.78, 5) is 39.1. The van der Waals surface area contributed by atoms with Crippen molar-refractivity contribution in [3.63, 3.8) is 0 Å². The van der Waals surface area contributed by atoms with Gasteiger partial charge >= 0.3 is 11.9 Å². The van der Waals surface area contributed by atoms with Crippen LogP contribution in [-0.2, 0) is 20.8 Å². The lowest BCUT2D eigenvalue weighted by molar-refractivity contribution is -0.148. The van der Waals surface area contributed by atoms with E-state index in [2.05, 4.69) is 4.98 Å². The maximum absolute atomic E-state index is 11.8. The van der Waals surface area contributed by atoms with Gasteiger partial charge in [0.05, 0.1) is 5.92 Å². The summed E-state index contributed by atoms with van der Waals surface area (Å²) in [5.41, 5.74) is 0.735. The van der Waals surface area contributed by atoms with E-state index in [9.17, 15) is 19.5 Å². The number of carboxylic acids is 2. The minimum Gasteiger partial charge on any atom is -0.481 e. The zero-order valence-electron chi connectivity index (χ0n) is 10.6. The first-order chi connectivity index (χ1) is 9.49. The molecule has 7 heteroatoms. The molecule has 106 valence electrons. The summed E-state index contributed by atoms with van der Waals surface area (Å²) in [5.74, 6) is -3.48. The molecule has 2 unspecified atom stereocenters. The third-order valence-corrected chi connectivity index (χ3v) is 3.35. The van der Waals surface area contributed by atoms with E-state index in [4.69, 9.17) is 5.11 Å². The van der Waals surface area contributed by atoms with Crippen LogP contribution in [0.15, 0.2) is 24.5 Å². The number of likely N-dealkylation sites (tertiary alicyclic amines) is 1. The summed E-state index contributed by atoms with van der Waals surface area (Å²) in [6, 6.07) is 2.30. The van der Waals surface area contributed by atoms with Gasteiger partial charge in [-0.05, 0) is 17.7 Å². The number of aliphatic carboxylic acids is 2. The first kappa shape index (κ1) is 14.0. The Morgan fingerprint density at radius 1 is 1.35 bits per heavy atom. The monoisotopic (exact) mass is 278 g/mol. The minimum atomic E-state index is -1.14. The molecule has 0 saturated carbocycles. The summed E-state index contributed by atoms with van der Waals surface area (Å²) in [5, 5.41) is 18.2. The SMILES string of the molecule is O=C(O)C1CC(=O)N(C(Cc2ccncc2)C(=O)O)C1. The Hall–Kier alpha value is -2.44. The van der Waals surface area contributed by atoms with E-state index in [0.717, 1.165) is 10.5 Å². The number of carbonyl (C=O) groups excluding carboxylic acids is 1. The highest BCUT2D eigenvalue weighted by molar-refractivity contribution is 5.89. The van der Waals surface area contributed by atoms with Gasteiger partial charge in [-0.3, -0.25) is 14.6 Å². The quantitative estimate of drug-likeness (QED) is 0.785. The van der Waals surface area contributed by atoms with Crippen molar-refractivity contribution in [2.75, 3.05) is 6.54 Å². The normalized spacial score (nSPS) is 19.9. The molecule has 0 spiro atoms. The first-order valence-electron chi connectivity index (χ1n) is 6.13. The Labute approximate surface area is 114 Å². The van der Waals surface area contributed by atoms with Crippen molar-refractivity contribution < 1.29 is 24.6 Å². The molecule has 20 heavy (non-hydrogen) atoms. The molecule has 0 aromatic carbocycles. The molecule has 2 rings (SSSR count). The van der Waals surface area contributed by atoms with Crippen molar-refractivity contribution in [2.45, 2.75) is 18.9 Å². The molecule has 1 fully saturated rings. The third kappa shape index (κ3) is 2.93. The van der Waals surface area contributed by atoms with E-state index in [1.54, 1.807) is 24.5 Å². The second-order valence-corrected chi connectivity index (χ2v) is 4.70. The Morgan fingerprint density at radius 2 is 2.00 bits per heavy atom. The van der Waals surface area contributed by atoms with Crippen molar-refractivity contribution in [3.05, 3.63) is 30.1 Å². The fourth-order valence-corrected chi connectivity index (χ4v) is 2.27. The topological polar surface area (TPSA) is 108 Å². The summed E-state index contributed by atoms with van der Waals surface area (Å²) >= 11 is 0. The highest BCUT2D eigenvalue weighted by atomic mass is 16.4. The van der Waals surface area contributed by atoms with Crippen molar-refractivity contribution in [3.8, 4) is 0 Å². The molecule has 1 saturated heterocycles. The van der Waals surface area contributed by atoms with E-state index in [1.807, 2.05) is 0 Å². The number of hydrogen-bond donors (Lipinski definition) is 2. The zero-order valence-corrected chi connectivity index (χ0v) is 10.6. The average Bonchev–Trinajstić information content (AvgIpc) is 2.79. The largest absolute Gasteiger partial charge is 0.481 e. The van der Waals surface area contributed by atoms with Crippen LogP contribution in [0.2, 0.25) is 0 Å². The number of rotatable bonds is 5. The van der Waals surface area contributed by atoms with Gasteiger partial charge in [0.2, 0.25) is 5.91 Å². The van der Waals surface area contributed by atoms with Gasteiger partial charge in [-0.1, -0.05) is 0 Å². The van der Waals surface area contributed by atoms with E-state index >= 15 is 0 Å². The standard InChI is InChI=1S/C13H14N2O5/c16-11-6-9(12(17)18)7-15(11)10(13(19)20)5-8-1-3-14-4-2-8/h1-4,9-10H,5-7H2,(H,17,18)(H,19,20). The minimum absolute atomic E-state index is 0.0593. The van der Waals surface area contributed by atoms with Crippen molar-refractivity contribution >= 4 is 17.8 Å². The predicted molar refractivity (Wildman–Crippen MR) is 66.8 cm³/mol. The molecule has 0 aliphatic carbocycles. The third-order valence-electron chi connectivity index (χ3n) is 3.35. The fraction of sp³-hybridized carbons (Fsp3) is 0.385. The molecular weight excluding hydrogens is 264 g/mol. The molecule has 1 aromatic heterocycles. The molecule has 2 heterocycles. The highest BCUT2D eigenvalue weighted by Crippen LogP contribution is 2.22. The van der Waals surface area contributed by atoms with Crippen LogP contribution < -0.4 is 0 Å². The van der Waals surface area contributed by atoms with Crippen LogP contribution in [0.25, 0.3) is 0 Å². The van der Waals surface area contributed by atoms with Crippen LogP contribution in [0.3, 0.4) is 0 Å². The lowest BCUT2D eigenvalue weighted by Crippen LogP contribution is -2.44. The summed E-state index contributed by atoms with van der Waals surface area (Å²) in [6.07, 6.45) is 3.07. The Morgan fingerprint density at radius 3 is 2.50 bits per heavy atom. The van der Waals surface area contributed by atoms with E-state index in [-0.39, 0.29) is 19.4 Å². The van der Waals surface area contributed by atoms with Gasteiger partial charge in [-0.25, -0.2) is 4.79 Å². The van der Waals surface area contributed by atoms with Crippen LogP contribution in [0.5, 0.6) is 0 Å². The summed E-state index contributed by atoms with van der Waals surface area (Å²) < 4.78 is 0. The van der Waals surface area contributed by atoms with E-state index < -0.39 is 29.8 Å². The molecule has 1 amide bonds. The smallest absolute Gasteiger partial charge is 0.326 e. The number of aromatic nitrogens is 1. The highest BCUT2D eigenvalue weighted by Gasteiger charge is 2.40. The molecule has 2 atom stereocenters.